The van der Waals surface area contributed by atoms with Crippen LogP contribution in [-0.2, 0) is 10.3 Å². The molecule has 1 aromatic heterocycles. The van der Waals surface area contributed by atoms with Crippen molar-refractivity contribution in [2.24, 2.45) is 11.7 Å². The molecule has 2 aliphatic heterocycles. The van der Waals surface area contributed by atoms with E-state index in [0.29, 0.717) is 29.9 Å². The van der Waals surface area contributed by atoms with E-state index >= 15 is 0 Å². The maximum Gasteiger partial charge on any atom is 0.220 e. The van der Waals surface area contributed by atoms with Gasteiger partial charge in [-0.15, -0.1) is 11.8 Å². The van der Waals surface area contributed by atoms with Crippen LogP contribution in [0.1, 0.15) is 12.0 Å². The molecule has 0 spiro atoms. The Balaban J connectivity index is 1.87. The Hall–Kier alpha value is -1.54. The third-order valence-corrected chi connectivity index (χ3v) is 6.84. The van der Waals surface area contributed by atoms with Crippen LogP contribution in [0, 0.1) is 17.7 Å². The fourth-order valence-electron chi connectivity index (χ4n) is 4.09. The third kappa shape index (κ3) is 2.74. The summed E-state index contributed by atoms with van der Waals surface area (Å²) in [6, 6.07) is 8.05. The number of likely N-dealkylation sites (N-methyl/N-ethyl adjacent to an activating group) is 1. The topological polar surface area (TPSA) is 51.4 Å². The lowest BCUT2D eigenvalue weighted by Crippen LogP contribution is -2.63. The van der Waals surface area contributed by atoms with Gasteiger partial charge in [0.15, 0.2) is 0 Å². The van der Waals surface area contributed by atoms with E-state index in [-0.39, 0.29) is 17.2 Å². The van der Waals surface area contributed by atoms with Crippen molar-refractivity contribution in [2.45, 2.75) is 17.5 Å². The molecule has 4 rings (SSSR count). The first-order valence-electron chi connectivity index (χ1n) is 8.63. The molecule has 7 heteroatoms. The fraction of sp³-hybridized carbons (Fsp3) is 0.421. The SMILES string of the molecule is CN1C(N)SC[C@@H]2CCOC[C@@]21c1cc(-c2cccnc2F)ccc1F. The Kier molecular flexibility index (Phi) is 4.73. The number of ether oxygens (including phenoxy) is 1. The number of hydrogen-bond acceptors (Lipinski definition) is 5. The van der Waals surface area contributed by atoms with Crippen LogP contribution in [0.5, 0.6) is 0 Å². The normalized spacial score (nSPS) is 29.4. The summed E-state index contributed by atoms with van der Waals surface area (Å²) < 4.78 is 34.9. The van der Waals surface area contributed by atoms with Crippen LogP contribution in [0.3, 0.4) is 0 Å². The molecule has 1 unspecified atom stereocenters. The molecule has 4 nitrogen and oxygen atoms in total. The van der Waals surface area contributed by atoms with E-state index < -0.39 is 11.5 Å². The van der Waals surface area contributed by atoms with Gasteiger partial charge in [0.25, 0.3) is 0 Å². The van der Waals surface area contributed by atoms with Crippen molar-refractivity contribution in [1.82, 2.24) is 9.88 Å². The van der Waals surface area contributed by atoms with Gasteiger partial charge in [-0.3, -0.25) is 4.90 Å². The molecule has 0 amide bonds. The van der Waals surface area contributed by atoms with Crippen molar-refractivity contribution in [1.29, 1.82) is 0 Å². The van der Waals surface area contributed by atoms with Crippen LogP contribution in [0.4, 0.5) is 8.78 Å². The van der Waals surface area contributed by atoms with Crippen LogP contribution in [0.25, 0.3) is 11.1 Å². The monoisotopic (exact) mass is 377 g/mol. The summed E-state index contributed by atoms with van der Waals surface area (Å²) in [5, 5.41) is 0. The number of hydrogen-bond donors (Lipinski definition) is 1. The highest BCUT2D eigenvalue weighted by Crippen LogP contribution is 2.48. The van der Waals surface area contributed by atoms with Gasteiger partial charge in [0.1, 0.15) is 11.3 Å². The minimum atomic E-state index is -0.651. The summed E-state index contributed by atoms with van der Waals surface area (Å²) in [7, 11) is 1.91. The quantitative estimate of drug-likeness (QED) is 0.815. The number of halogens is 2. The second kappa shape index (κ2) is 6.88. The number of nitrogens with two attached hydrogens (primary N) is 1. The summed E-state index contributed by atoms with van der Waals surface area (Å²) in [5.41, 5.74) is 6.85. The average molecular weight is 377 g/mol. The number of rotatable bonds is 2. The van der Waals surface area contributed by atoms with Gasteiger partial charge in [-0.1, -0.05) is 6.07 Å². The van der Waals surface area contributed by atoms with Crippen LogP contribution in [0.2, 0.25) is 0 Å². The molecule has 2 saturated heterocycles. The first-order chi connectivity index (χ1) is 12.5. The number of fused-ring (bicyclic) bond motifs is 1. The van der Waals surface area contributed by atoms with Crippen molar-refractivity contribution in [2.75, 3.05) is 26.0 Å². The second-order valence-electron chi connectivity index (χ2n) is 6.83. The molecule has 3 atom stereocenters. The molecular formula is C19H21F2N3OS. The molecule has 2 aliphatic rings. The van der Waals surface area contributed by atoms with Gasteiger partial charge in [-0.05, 0) is 49.2 Å². The van der Waals surface area contributed by atoms with Crippen molar-refractivity contribution in [3.05, 3.63) is 53.9 Å². The molecule has 1 aromatic carbocycles. The van der Waals surface area contributed by atoms with Crippen molar-refractivity contribution >= 4 is 11.8 Å². The van der Waals surface area contributed by atoms with Gasteiger partial charge in [0, 0.05) is 29.7 Å². The maximum absolute atomic E-state index is 15.0. The highest BCUT2D eigenvalue weighted by Gasteiger charge is 2.52. The molecule has 2 aromatic rings. The van der Waals surface area contributed by atoms with E-state index in [1.54, 1.807) is 36.0 Å². The first kappa shape index (κ1) is 17.9. The second-order valence-corrected chi connectivity index (χ2v) is 7.98. The molecule has 0 bridgehead atoms. The summed E-state index contributed by atoms with van der Waals surface area (Å²) in [6.45, 7) is 1.03. The standard InChI is InChI=1S/C19H21F2N3OS/c1-24-18(22)26-10-13-6-8-25-11-19(13,24)15-9-12(4-5-16(15)20)14-3-2-7-23-17(14)21/h2-5,7,9,13,18H,6,8,10-11,22H2,1H3/t13-,18?,19-/m0/s1. The molecule has 0 saturated carbocycles. The molecule has 0 aliphatic carbocycles. The van der Waals surface area contributed by atoms with Crippen molar-refractivity contribution in [3.63, 3.8) is 0 Å². The zero-order chi connectivity index (χ0) is 18.3. The molecule has 26 heavy (non-hydrogen) atoms. The van der Waals surface area contributed by atoms with E-state index in [2.05, 4.69) is 4.98 Å². The smallest absolute Gasteiger partial charge is 0.220 e. The minimum Gasteiger partial charge on any atom is -0.379 e. The van der Waals surface area contributed by atoms with Gasteiger partial charge >= 0.3 is 0 Å². The number of pyridine rings is 1. The van der Waals surface area contributed by atoms with Crippen molar-refractivity contribution in [3.8, 4) is 11.1 Å². The first-order valence-corrected chi connectivity index (χ1v) is 9.67. The van der Waals surface area contributed by atoms with Gasteiger partial charge < -0.3 is 10.5 Å². The Labute approximate surface area is 155 Å². The number of aromatic nitrogens is 1. The molecule has 2 N–H and O–H groups in total. The number of thioether (sulfide) groups is 1. The number of nitrogens with zero attached hydrogens (tertiary/aromatic N) is 2. The molecule has 3 heterocycles. The lowest BCUT2D eigenvalue weighted by molar-refractivity contribution is -0.0870. The molecule has 138 valence electrons. The summed E-state index contributed by atoms with van der Waals surface area (Å²) in [4.78, 5) is 5.71. The van der Waals surface area contributed by atoms with E-state index in [0.717, 1.165) is 12.2 Å². The zero-order valence-corrected chi connectivity index (χ0v) is 15.3. The van der Waals surface area contributed by atoms with Gasteiger partial charge in [-0.25, -0.2) is 9.37 Å². The van der Waals surface area contributed by atoms with Gasteiger partial charge in [0.2, 0.25) is 5.95 Å². The molecule has 0 radical (unpaired) electrons. The highest BCUT2D eigenvalue weighted by molar-refractivity contribution is 7.99. The Morgan fingerprint density at radius 2 is 2.19 bits per heavy atom. The Morgan fingerprint density at radius 1 is 1.35 bits per heavy atom. The van der Waals surface area contributed by atoms with Crippen LogP contribution in [-0.4, -0.2) is 41.4 Å². The maximum atomic E-state index is 15.0. The number of benzene rings is 1. The van der Waals surface area contributed by atoms with Crippen LogP contribution >= 0.6 is 11.8 Å². The lowest BCUT2D eigenvalue weighted by Gasteiger charge is -2.55. The lowest BCUT2D eigenvalue weighted by atomic mass is 9.74. The largest absolute Gasteiger partial charge is 0.379 e. The molecule has 2 fully saturated rings. The fourth-order valence-corrected chi connectivity index (χ4v) is 5.37. The third-order valence-electron chi connectivity index (χ3n) is 5.59. The van der Waals surface area contributed by atoms with E-state index in [1.807, 2.05) is 11.9 Å². The minimum absolute atomic E-state index is 0.217. The highest BCUT2D eigenvalue weighted by atomic mass is 32.2. The summed E-state index contributed by atoms with van der Waals surface area (Å²) in [5.74, 6) is 0.178. The summed E-state index contributed by atoms with van der Waals surface area (Å²) in [6.07, 6.45) is 2.24. The van der Waals surface area contributed by atoms with Crippen LogP contribution < -0.4 is 5.73 Å². The molecular weight excluding hydrogens is 356 g/mol. The predicted octanol–water partition coefficient (Wildman–Crippen LogP) is 3.18. The average Bonchev–Trinajstić information content (AvgIpc) is 2.66. The van der Waals surface area contributed by atoms with E-state index in [1.165, 1.54) is 12.3 Å². The Bertz CT molecular complexity index is 817. The van der Waals surface area contributed by atoms with Crippen molar-refractivity contribution < 1.29 is 13.5 Å². The van der Waals surface area contributed by atoms with Crippen LogP contribution in [0.15, 0.2) is 36.5 Å². The zero-order valence-electron chi connectivity index (χ0n) is 14.5. The summed E-state index contributed by atoms with van der Waals surface area (Å²) >= 11 is 1.67. The predicted molar refractivity (Wildman–Crippen MR) is 98.4 cm³/mol. The Morgan fingerprint density at radius 3 is 3.00 bits per heavy atom. The van der Waals surface area contributed by atoms with E-state index in [9.17, 15) is 8.78 Å². The van der Waals surface area contributed by atoms with Gasteiger partial charge in [0.05, 0.1) is 12.1 Å². The van der Waals surface area contributed by atoms with Gasteiger partial charge in [-0.2, -0.15) is 4.39 Å². The van der Waals surface area contributed by atoms with E-state index in [4.69, 9.17) is 10.5 Å².